The zero-order valence-corrected chi connectivity index (χ0v) is 17.1. The lowest BCUT2D eigenvalue weighted by Crippen LogP contribution is -2.37. The number of nitrogens with one attached hydrogen (secondary N) is 1. The number of rotatable bonds is 4. The van der Waals surface area contributed by atoms with Crippen molar-refractivity contribution in [1.82, 2.24) is 9.88 Å². The maximum absolute atomic E-state index is 12.8. The van der Waals surface area contributed by atoms with Crippen molar-refractivity contribution in [3.05, 3.63) is 59.1 Å². The first-order chi connectivity index (χ1) is 13.4. The van der Waals surface area contributed by atoms with Crippen molar-refractivity contribution >= 4 is 43.2 Å². The first kappa shape index (κ1) is 18.9. The van der Waals surface area contributed by atoms with Crippen LogP contribution in [-0.2, 0) is 10.0 Å². The minimum atomic E-state index is -3.37. The molecule has 4 rings (SSSR count). The molecule has 1 fully saturated rings. The molecule has 0 radical (unpaired) electrons. The standard InChI is InChI=1S/C20H21N3O3S2/c1-28(25,26)22-16-6-4-5-15(13-16)20(24)23-11-9-14(10-12-23)19-21-17-7-2-3-8-18(17)27-19/h2-8,13-14,22H,9-12H2,1H3. The van der Waals surface area contributed by atoms with Crippen LogP contribution in [0.25, 0.3) is 10.2 Å². The van der Waals surface area contributed by atoms with Crippen LogP contribution in [0, 0.1) is 0 Å². The first-order valence-electron chi connectivity index (χ1n) is 9.12. The number of hydrogen-bond acceptors (Lipinski definition) is 5. The fourth-order valence-corrected chi connectivity index (χ4v) is 5.20. The number of para-hydroxylation sites is 1. The number of anilines is 1. The Kier molecular flexibility index (Phi) is 5.07. The Morgan fingerprint density at radius 3 is 2.61 bits per heavy atom. The fourth-order valence-electron chi connectivity index (χ4n) is 3.51. The van der Waals surface area contributed by atoms with Gasteiger partial charge in [0.2, 0.25) is 10.0 Å². The average molecular weight is 416 g/mol. The van der Waals surface area contributed by atoms with E-state index in [2.05, 4.69) is 10.8 Å². The van der Waals surface area contributed by atoms with Gasteiger partial charge in [-0.05, 0) is 43.2 Å². The Morgan fingerprint density at radius 1 is 1.14 bits per heavy atom. The summed E-state index contributed by atoms with van der Waals surface area (Å²) in [5.74, 6) is 0.305. The molecule has 2 aromatic carbocycles. The SMILES string of the molecule is CS(=O)(=O)Nc1cccc(C(=O)N2CCC(c3nc4ccccc4s3)CC2)c1. The van der Waals surface area contributed by atoms with Gasteiger partial charge in [-0.2, -0.15) is 0 Å². The molecule has 0 spiro atoms. The van der Waals surface area contributed by atoms with Crippen molar-refractivity contribution < 1.29 is 13.2 Å². The highest BCUT2D eigenvalue weighted by atomic mass is 32.2. The predicted molar refractivity (Wildman–Crippen MR) is 112 cm³/mol. The smallest absolute Gasteiger partial charge is 0.253 e. The van der Waals surface area contributed by atoms with Gasteiger partial charge in [-0.1, -0.05) is 18.2 Å². The molecule has 0 saturated carbocycles. The summed E-state index contributed by atoms with van der Waals surface area (Å²) in [7, 11) is -3.37. The van der Waals surface area contributed by atoms with Crippen LogP contribution in [-0.4, -0.2) is 43.6 Å². The van der Waals surface area contributed by atoms with E-state index in [-0.39, 0.29) is 5.91 Å². The summed E-state index contributed by atoms with van der Waals surface area (Å²) in [6.45, 7) is 1.34. The van der Waals surface area contributed by atoms with E-state index < -0.39 is 10.0 Å². The fraction of sp³-hybridized carbons (Fsp3) is 0.300. The first-order valence-corrected chi connectivity index (χ1v) is 11.8. The van der Waals surface area contributed by atoms with Crippen LogP contribution in [0.15, 0.2) is 48.5 Å². The number of sulfonamides is 1. The Morgan fingerprint density at radius 2 is 1.89 bits per heavy atom. The zero-order valence-electron chi connectivity index (χ0n) is 15.5. The quantitative estimate of drug-likeness (QED) is 0.705. The molecule has 1 N–H and O–H groups in total. The van der Waals surface area contributed by atoms with Gasteiger partial charge >= 0.3 is 0 Å². The molecule has 2 heterocycles. The van der Waals surface area contributed by atoms with Crippen molar-refractivity contribution in [2.24, 2.45) is 0 Å². The van der Waals surface area contributed by atoms with Gasteiger partial charge in [-0.15, -0.1) is 11.3 Å². The summed E-state index contributed by atoms with van der Waals surface area (Å²) in [6, 6.07) is 14.8. The van der Waals surface area contributed by atoms with Crippen LogP contribution >= 0.6 is 11.3 Å². The summed E-state index contributed by atoms with van der Waals surface area (Å²) in [6.07, 6.45) is 2.86. The van der Waals surface area contributed by atoms with Gasteiger partial charge in [-0.25, -0.2) is 13.4 Å². The second-order valence-corrected chi connectivity index (χ2v) is 9.85. The maximum Gasteiger partial charge on any atom is 0.253 e. The molecule has 1 aliphatic heterocycles. The molecule has 1 saturated heterocycles. The van der Waals surface area contributed by atoms with E-state index in [0.717, 1.165) is 29.6 Å². The van der Waals surface area contributed by atoms with Crippen LogP contribution in [0.1, 0.15) is 34.1 Å². The molecular weight excluding hydrogens is 394 g/mol. The Hall–Kier alpha value is -2.45. The van der Waals surface area contributed by atoms with E-state index in [1.807, 2.05) is 23.1 Å². The van der Waals surface area contributed by atoms with E-state index in [1.165, 1.54) is 4.70 Å². The highest BCUT2D eigenvalue weighted by Crippen LogP contribution is 2.34. The monoisotopic (exact) mass is 415 g/mol. The number of carbonyl (C=O) groups excluding carboxylic acids is 1. The van der Waals surface area contributed by atoms with Crippen LogP contribution in [0.2, 0.25) is 0 Å². The van der Waals surface area contributed by atoms with Gasteiger partial charge in [0.05, 0.1) is 21.5 Å². The molecule has 0 bridgehead atoms. The third-order valence-electron chi connectivity index (χ3n) is 4.85. The van der Waals surface area contributed by atoms with E-state index in [4.69, 9.17) is 4.98 Å². The highest BCUT2D eigenvalue weighted by Gasteiger charge is 2.26. The van der Waals surface area contributed by atoms with Gasteiger partial charge < -0.3 is 4.90 Å². The van der Waals surface area contributed by atoms with Gasteiger partial charge in [-0.3, -0.25) is 9.52 Å². The predicted octanol–water partition coefficient (Wildman–Crippen LogP) is 3.69. The second-order valence-electron chi connectivity index (χ2n) is 7.04. The number of piperidine rings is 1. The molecule has 0 aliphatic carbocycles. The van der Waals surface area contributed by atoms with Crippen molar-refractivity contribution in [1.29, 1.82) is 0 Å². The van der Waals surface area contributed by atoms with E-state index in [9.17, 15) is 13.2 Å². The molecule has 0 unspecified atom stereocenters. The van der Waals surface area contributed by atoms with Crippen molar-refractivity contribution in [3.8, 4) is 0 Å². The van der Waals surface area contributed by atoms with Crippen LogP contribution in [0.4, 0.5) is 5.69 Å². The van der Waals surface area contributed by atoms with Crippen LogP contribution in [0.3, 0.4) is 0 Å². The summed E-state index contributed by atoms with van der Waals surface area (Å²) >= 11 is 1.74. The summed E-state index contributed by atoms with van der Waals surface area (Å²) < 4.78 is 26.4. The molecule has 0 atom stereocenters. The van der Waals surface area contributed by atoms with Crippen molar-refractivity contribution in [3.63, 3.8) is 0 Å². The number of fused-ring (bicyclic) bond motifs is 1. The second kappa shape index (κ2) is 7.52. The molecule has 3 aromatic rings. The molecule has 28 heavy (non-hydrogen) atoms. The zero-order chi connectivity index (χ0) is 19.7. The number of carbonyl (C=O) groups is 1. The van der Waals surface area contributed by atoms with Gasteiger partial charge in [0.15, 0.2) is 0 Å². The lowest BCUT2D eigenvalue weighted by molar-refractivity contribution is 0.0713. The molecule has 1 aromatic heterocycles. The number of likely N-dealkylation sites (tertiary alicyclic amines) is 1. The Balaban J connectivity index is 1.43. The van der Waals surface area contributed by atoms with Crippen LogP contribution < -0.4 is 4.72 Å². The lowest BCUT2D eigenvalue weighted by Gasteiger charge is -2.31. The Bertz CT molecular complexity index is 1080. The lowest BCUT2D eigenvalue weighted by atomic mass is 9.97. The minimum Gasteiger partial charge on any atom is -0.339 e. The topological polar surface area (TPSA) is 79.4 Å². The molecule has 1 aliphatic rings. The number of thiazole rings is 1. The third-order valence-corrected chi connectivity index (χ3v) is 6.66. The summed E-state index contributed by atoms with van der Waals surface area (Å²) in [5.41, 5.74) is 1.93. The van der Waals surface area contributed by atoms with E-state index in [0.29, 0.717) is 30.3 Å². The number of aromatic nitrogens is 1. The molecule has 6 nitrogen and oxygen atoms in total. The van der Waals surface area contributed by atoms with Gasteiger partial charge in [0, 0.05) is 30.3 Å². The van der Waals surface area contributed by atoms with Crippen molar-refractivity contribution in [2.75, 3.05) is 24.1 Å². The normalized spacial score (nSPS) is 15.7. The number of hydrogen-bond donors (Lipinski definition) is 1. The molecule has 8 heteroatoms. The van der Waals surface area contributed by atoms with Crippen molar-refractivity contribution in [2.45, 2.75) is 18.8 Å². The third kappa shape index (κ3) is 4.18. The van der Waals surface area contributed by atoms with E-state index in [1.54, 1.807) is 35.6 Å². The van der Waals surface area contributed by atoms with E-state index >= 15 is 0 Å². The Labute approximate surface area is 168 Å². The number of amides is 1. The maximum atomic E-state index is 12.8. The van der Waals surface area contributed by atoms with Gasteiger partial charge in [0.1, 0.15) is 0 Å². The van der Waals surface area contributed by atoms with Crippen LogP contribution in [0.5, 0.6) is 0 Å². The molecule has 1 amide bonds. The average Bonchev–Trinajstić information content (AvgIpc) is 3.11. The minimum absolute atomic E-state index is 0.0695. The summed E-state index contributed by atoms with van der Waals surface area (Å²) in [5, 5.41) is 1.15. The summed E-state index contributed by atoms with van der Waals surface area (Å²) in [4.78, 5) is 19.4. The highest BCUT2D eigenvalue weighted by molar-refractivity contribution is 7.92. The largest absolute Gasteiger partial charge is 0.339 e. The number of nitrogens with zero attached hydrogens (tertiary/aromatic N) is 2. The molecular formula is C20H21N3O3S2. The molecule has 146 valence electrons. The van der Waals surface area contributed by atoms with Gasteiger partial charge in [0.25, 0.3) is 5.91 Å². The number of benzene rings is 2.